The topological polar surface area (TPSA) is 59.0 Å². The Morgan fingerprint density at radius 1 is 1.38 bits per heavy atom. The van der Waals surface area contributed by atoms with E-state index in [0.717, 1.165) is 37.2 Å². The molecule has 5 nitrogen and oxygen atoms in total. The van der Waals surface area contributed by atoms with Gasteiger partial charge in [0.25, 0.3) is 0 Å². The van der Waals surface area contributed by atoms with Crippen LogP contribution in [0.5, 0.6) is 5.75 Å². The molecular formula is C16H23NO4. The van der Waals surface area contributed by atoms with Crippen molar-refractivity contribution in [2.75, 3.05) is 20.2 Å². The van der Waals surface area contributed by atoms with E-state index in [2.05, 4.69) is 0 Å². The van der Waals surface area contributed by atoms with Crippen LogP contribution in [0.3, 0.4) is 0 Å². The van der Waals surface area contributed by atoms with Crippen LogP contribution in [0.4, 0.5) is 0 Å². The lowest BCUT2D eigenvalue weighted by molar-refractivity contribution is -0.143. The Labute approximate surface area is 125 Å². The summed E-state index contributed by atoms with van der Waals surface area (Å²) < 4.78 is 11.3. The summed E-state index contributed by atoms with van der Waals surface area (Å²) in [5, 5.41) is 9.02. The first-order valence-corrected chi connectivity index (χ1v) is 7.32. The van der Waals surface area contributed by atoms with Crippen LogP contribution in [0.1, 0.15) is 25.3 Å². The molecule has 116 valence electrons. The monoisotopic (exact) mass is 293 g/mol. The highest BCUT2D eigenvalue weighted by Crippen LogP contribution is 2.22. The average molecular weight is 293 g/mol. The molecule has 0 bridgehead atoms. The number of likely N-dealkylation sites (tertiary alicyclic amines) is 1. The lowest BCUT2D eigenvalue weighted by Crippen LogP contribution is -2.45. The van der Waals surface area contributed by atoms with Crippen molar-refractivity contribution < 1.29 is 19.4 Å². The van der Waals surface area contributed by atoms with Crippen LogP contribution < -0.4 is 4.74 Å². The van der Waals surface area contributed by atoms with E-state index in [0.29, 0.717) is 6.61 Å². The number of hydrogen-bond donors (Lipinski definition) is 1. The van der Waals surface area contributed by atoms with Gasteiger partial charge in [-0.05, 0) is 25.8 Å². The van der Waals surface area contributed by atoms with Gasteiger partial charge in [0.2, 0.25) is 0 Å². The maximum absolute atomic E-state index is 11.0. The summed E-state index contributed by atoms with van der Waals surface area (Å²) in [6.45, 7) is 3.80. The number of para-hydroxylation sites is 1. The van der Waals surface area contributed by atoms with Gasteiger partial charge in [-0.1, -0.05) is 18.2 Å². The smallest absolute Gasteiger partial charge is 0.320 e. The van der Waals surface area contributed by atoms with Crippen molar-refractivity contribution in [2.45, 2.75) is 38.5 Å². The Kier molecular flexibility index (Phi) is 5.59. The zero-order valence-corrected chi connectivity index (χ0v) is 12.6. The Bertz CT molecular complexity index is 469. The van der Waals surface area contributed by atoms with Crippen molar-refractivity contribution >= 4 is 5.97 Å². The average Bonchev–Trinajstić information content (AvgIpc) is 2.52. The molecule has 1 aromatic carbocycles. The van der Waals surface area contributed by atoms with Crippen LogP contribution in [-0.4, -0.2) is 48.3 Å². The van der Waals surface area contributed by atoms with Gasteiger partial charge in [-0.15, -0.1) is 0 Å². The third-order valence-electron chi connectivity index (χ3n) is 4.05. The summed E-state index contributed by atoms with van der Waals surface area (Å²) in [5.41, 5.74) is 1.04. The maximum atomic E-state index is 11.0. The quantitative estimate of drug-likeness (QED) is 0.871. The molecule has 1 heterocycles. The van der Waals surface area contributed by atoms with E-state index >= 15 is 0 Å². The number of benzene rings is 1. The van der Waals surface area contributed by atoms with E-state index in [4.69, 9.17) is 14.6 Å². The Balaban J connectivity index is 1.80. The molecule has 0 saturated carbocycles. The van der Waals surface area contributed by atoms with Crippen molar-refractivity contribution in [3.05, 3.63) is 29.8 Å². The van der Waals surface area contributed by atoms with Crippen molar-refractivity contribution in [1.82, 2.24) is 4.90 Å². The highest BCUT2D eigenvalue weighted by Gasteiger charge is 2.26. The molecule has 1 aliphatic heterocycles. The number of carboxylic acids is 1. The summed E-state index contributed by atoms with van der Waals surface area (Å²) in [6.07, 6.45) is 1.92. The summed E-state index contributed by atoms with van der Waals surface area (Å²) >= 11 is 0. The largest absolute Gasteiger partial charge is 0.496 e. The number of carboxylic acid groups (broad SMARTS) is 1. The van der Waals surface area contributed by atoms with Gasteiger partial charge in [0.05, 0.1) is 19.8 Å². The molecule has 1 atom stereocenters. The summed E-state index contributed by atoms with van der Waals surface area (Å²) in [7, 11) is 1.66. The third kappa shape index (κ3) is 4.19. The Morgan fingerprint density at radius 2 is 2.05 bits per heavy atom. The lowest BCUT2D eigenvalue weighted by atomic mass is 10.1. The van der Waals surface area contributed by atoms with Gasteiger partial charge in [-0.2, -0.15) is 0 Å². The van der Waals surface area contributed by atoms with Crippen LogP contribution >= 0.6 is 0 Å². The molecule has 21 heavy (non-hydrogen) atoms. The van der Waals surface area contributed by atoms with Crippen molar-refractivity contribution in [1.29, 1.82) is 0 Å². The van der Waals surface area contributed by atoms with Gasteiger partial charge in [-0.25, -0.2) is 0 Å². The molecule has 0 amide bonds. The first-order valence-electron chi connectivity index (χ1n) is 7.32. The predicted octanol–water partition coefficient (Wildman–Crippen LogP) is 2.15. The van der Waals surface area contributed by atoms with E-state index in [1.54, 1.807) is 14.0 Å². The molecule has 0 aromatic heterocycles. The highest BCUT2D eigenvalue weighted by molar-refractivity contribution is 5.72. The first-order chi connectivity index (χ1) is 10.1. The fourth-order valence-corrected chi connectivity index (χ4v) is 2.62. The minimum Gasteiger partial charge on any atom is -0.496 e. The second-order valence-electron chi connectivity index (χ2n) is 5.37. The molecule has 1 saturated heterocycles. The molecule has 1 fully saturated rings. The number of nitrogens with zero attached hydrogens (tertiary/aromatic N) is 1. The SMILES string of the molecule is COc1ccccc1COC1CCN(C(C)C(=O)O)CC1. The molecule has 0 aliphatic carbocycles. The van der Waals surface area contributed by atoms with Gasteiger partial charge in [0.1, 0.15) is 11.8 Å². The number of methoxy groups -OCH3 is 1. The minimum atomic E-state index is -0.761. The van der Waals surface area contributed by atoms with Crippen LogP contribution in [0.15, 0.2) is 24.3 Å². The number of ether oxygens (including phenoxy) is 2. The summed E-state index contributed by atoms with van der Waals surface area (Å²) in [5.74, 6) is 0.0813. The van der Waals surface area contributed by atoms with Gasteiger partial charge >= 0.3 is 5.97 Å². The molecule has 2 rings (SSSR count). The van der Waals surface area contributed by atoms with Crippen molar-refractivity contribution in [2.24, 2.45) is 0 Å². The van der Waals surface area contributed by atoms with E-state index in [-0.39, 0.29) is 6.10 Å². The van der Waals surface area contributed by atoms with Crippen molar-refractivity contribution in [3.63, 3.8) is 0 Å². The first kappa shape index (κ1) is 15.8. The number of aliphatic carboxylic acids is 1. The fourth-order valence-electron chi connectivity index (χ4n) is 2.62. The third-order valence-corrected chi connectivity index (χ3v) is 4.05. The fraction of sp³-hybridized carbons (Fsp3) is 0.562. The van der Waals surface area contributed by atoms with Gasteiger partial charge < -0.3 is 14.6 Å². The van der Waals surface area contributed by atoms with Crippen LogP contribution in [0, 0.1) is 0 Å². The predicted molar refractivity (Wildman–Crippen MR) is 79.5 cm³/mol. The second kappa shape index (κ2) is 7.43. The maximum Gasteiger partial charge on any atom is 0.320 e. The minimum absolute atomic E-state index is 0.187. The zero-order valence-electron chi connectivity index (χ0n) is 12.6. The lowest BCUT2D eigenvalue weighted by Gasteiger charge is -2.34. The number of hydrogen-bond acceptors (Lipinski definition) is 4. The van der Waals surface area contributed by atoms with Gasteiger partial charge in [-0.3, -0.25) is 9.69 Å². The number of piperidine rings is 1. The van der Waals surface area contributed by atoms with Gasteiger partial charge in [0.15, 0.2) is 0 Å². The standard InChI is InChI=1S/C16H23NO4/c1-12(16(18)19)17-9-7-14(8-10-17)21-11-13-5-3-4-6-15(13)20-2/h3-6,12,14H,7-11H2,1-2H3,(H,18,19). The van der Waals surface area contributed by atoms with E-state index in [1.165, 1.54) is 0 Å². The van der Waals surface area contributed by atoms with E-state index in [1.807, 2.05) is 29.2 Å². The van der Waals surface area contributed by atoms with Crippen LogP contribution in [-0.2, 0) is 16.1 Å². The van der Waals surface area contributed by atoms with E-state index < -0.39 is 12.0 Å². The summed E-state index contributed by atoms with van der Waals surface area (Å²) in [4.78, 5) is 13.0. The highest BCUT2D eigenvalue weighted by atomic mass is 16.5. The summed E-state index contributed by atoms with van der Waals surface area (Å²) in [6, 6.07) is 7.42. The van der Waals surface area contributed by atoms with Crippen LogP contribution in [0.2, 0.25) is 0 Å². The molecule has 0 radical (unpaired) electrons. The molecule has 1 aliphatic rings. The zero-order chi connectivity index (χ0) is 15.2. The van der Waals surface area contributed by atoms with Crippen molar-refractivity contribution in [3.8, 4) is 5.75 Å². The number of rotatable bonds is 6. The molecule has 1 unspecified atom stereocenters. The molecule has 5 heteroatoms. The van der Waals surface area contributed by atoms with Crippen LogP contribution in [0.25, 0.3) is 0 Å². The number of carbonyl (C=O) groups is 1. The van der Waals surface area contributed by atoms with Gasteiger partial charge in [0, 0.05) is 18.7 Å². The molecular weight excluding hydrogens is 270 g/mol. The van der Waals surface area contributed by atoms with E-state index in [9.17, 15) is 4.79 Å². The molecule has 1 N–H and O–H groups in total. The Hall–Kier alpha value is -1.59. The normalized spacial score (nSPS) is 18.4. The molecule has 1 aromatic rings. The second-order valence-corrected chi connectivity index (χ2v) is 5.37. The Morgan fingerprint density at radius 3 is 2.67 bits per heavy atom. The molecule has 0 spiro atoms.